The number of aryl methyl sites for hydroxylation is 1. The number of fused-ring (bicyclic) bond motifs is 2. The van der Waals surface area contributed by atoms with Gasteiger partial charge in [-0.3, -0.25) is 47.9 Å². The van der Waals surface area contributed by atoms with Gasteiger partial charge in [0.15, 0.2) is 0 Å². The third kappa shape index (κ3) is 9.98. The Balaban J connectivity index is 0.934. The molecule has 0 saturated carbocycles. The van der Waals surface area contributed by atoms with E-state index in [9.17, 15) is 42.3 Å². The number of benzene rings is 3. The van der Waals surface area contributed by atoms with E-state index in [0.717, 1.165) is 54.1 Å². The third-order valence-electron chi connectivity index (χ3n) is 14.5. The van der Waals surface area contributed by atoms with Gasteiger partial charge in [-0.1, -0.05) is 63.2 Å². The Hall–Kier alpha value is -5.63. The van der Waals surface area contributed by atoms with Crippen molar-refractivity contribution in [2.45, 2.75) is 89.3 Å². The molecule has 0 aliphatic carbocycles. The molecule has 4 aliphatic heterocycles. The Morgan fingerprint density at radius 2 is 1.69 bits per heavy atom. The van der Waals surface area contributed by atoms with Crippen molar-refractivity contribution in [2.24, 2.45) is 24.3 Å². The van der Waals surface area contributed by atoms with Gasteiger partial charge >= 0.3 is 18.9 Å². The summed E-state index contributed by atoms with van der Waals surface area (Å²) in [6, 6.07) is 17.2. The van der Waals surface area contributed by atoms with E-state index in [1.165, 1.54) is 21.3 Å². The van der Waals surface area contributed by atoms with Crippen LogP contribution in [-0.4, -0.2) is 115 Å². The monoisotopic (exact) mass is 1020 g/mol. The quantitative estimate of drug-likeness (QED) is 0.0888. The van der Waals surface area contributed by atoms with Crippen molar-refractivity contribution < 1.29 is 51.8 Å². The first-order chi connectivity index (χ1) is 33.6. The van der Waals surface area contributed by atoms with E-state index in [1.54, 1.807) is 16.8 Å². The average molecular weight is 1020 g/mol. The van der Waals surface area contributed by atoms with E-state index in [0.29, 0.717) is 54.8 Å². The maximum atomic E-state index is 15.1. The van der Waals surface area contributed by atoms with Crippen molar-refractivity contribution in [3.8, 4) is 0 Å². The molecule has 0 spiro atoms. The lowest BCUT2D eigenvalue weighted by Crippen LogP contribution is -2.59. The Labute approximate surface area is 412 Å². The van der Waals surface area contributed by atoms with E-state index < -0.39 is 60.1 Å². The second-order valence-electron chi connectivity index (χ2n) is 20.4. The predicted octanol–water partition coefficient (Wildman–Crippen LogP) is 5.63. The Morgan fingerprint density at radius 1 is 0.930 bits per heavy atom. The maximum Gasteiger partial charge on any atom is 0.399 e. The van der Waals surface area contributed by atoms with Crippen molar-refractivity contribution in [3.63, 3.8) is 0 Å². The lowest BCUT2D eigenvalue weighted by atomic mass is 9.84. The Bertz CT molecular complexity index is 3020. The fraction of sp³-hybridized carbons (Fsp3) is 0.480. The molecule has 0 radical (unpaired) electrons. The van der Waals surface area contributed by atoms with Gasteiger partial charge in [-0.25, -0.2) is 4.79 Å². The smallest absolute Gasteiger partial charge is 0.370 e. The molecule has 4 aliphatic rings. The van der Waals surface area contributed by atoms with Crippen LogP contribution in [0.5, 0.6) is 0 Å². The highest BCUT2D eigenvalue weighted by Gasteiger charge is 2.51. The van der Waals surface area contributed by atoms with Crippen LogP contribution in [0, 0.1) is 17.3 Å². The zero-order chi connectivity index (χ0) is 50.7. The number of morpholine rings is 1. The van der Waals surface area contributed by atoms with E-state index in [1.807, 2.05) is 69.3 Å². The summed E-state index contributed by atoms with van der Waals surface area (Å²) in [5.74, 6) is -2.10. The number of aromatic nitrogens is 2. The highest BCUT2D eigenvalue weighted by atomic mass is 32.1. The lowest BCUT2D eigenvalue weighted by molar-refractivity contribution is -0.152. The van der Waals surface area contributed by atoms with Crippen LogP contribution in [0.4, 0.5) is 8.78 Å². The number of hydrogen-bond donors (Lipinski definition) is 4. The zero-order valence-corrected chi connectivity index (χ0v) is 41.6. The molecule has 5 amide bonds. The number of rotatable bonds is 12. The molecule has 6 atom stereocenters. The summed E-state index contributed by atoms with van der Waals surface area (Å²) in [7, 11) is -4.17. The molecule has 4 fully saturated rings. The van der Waals surface area contributed by atoms with E-state index in [-0.39, 0.29) is 65.1 Å². The number of nitrogens with zero attached hydrogens (tertiary/aromatic N) is 5. The van der Waals surface area contributed by atoms with Gasteiger partial charge in [0.2, 0.25) is 23.6 Å². The Kier molecular flexibility index (Phi) is 13.8. The summed E-state index contributed by atoms with van der Waals surface area (Å²) in [5, 5.41) is 5.43. The zero-order valence-electron chi connectivity index (χ0n) is 39.9. The normalized spacial score (nSPS) is 23.1. The molecular weight excluding hydrogens is 960 g/mol. The van der Waals surface area contributed by atoms with Crippen LogP contribution in [0.3, 0.4) is 0 Å². The summed E-state index contributed by atoms with van der Waals surface area (Å²) in [6.45, 7) is 8.79. The number of alkyl halides is 2. The molecule has 1 unspecified atom stereocenters. The van der Waals surface area contributed by atoms with Crippen LogP contribution in [0.2, 0.25) is 0 Å². The third-order valence-corrected chi connectivity index (χ3v) is 16.6. The van der Waals surface area contributed by atoms with E-state index in [4.69, 9.17) is 4.74 Å². The van der Waals surface area contributed by atoms with Crippen LogP contribution in [0.1, 0.15) is 91.4 Å². The highest BCUT2D eigenvalue weighted by molar-refractivity contribution is 7.52. The number of thiophene rings is 1. The summed E-state index contributed by atoms with van der Waals surface area (Å²) < 4.78 is 50.4. The standard InChI is InChI=1S/C50H58F2N7O10PS/c1-49(2,3)43(54-45(62)40-25-33-24-34(11-14-39(33)71-40)50(51,52)70(66,67)68)47(64)58-19-17-32(42(58)46(63)57-20-21-69-38(28-57)31-8-6-5-7-9-31)22-30-16-18-56(27-30)26-29-10-12-35-37(23-29)55(4)48(65)59(35)36-13-15-41(60)53-44(36)61/h5-12,14,23-25,30,32,36,38,42-43H,13,15-22,26-28H2,1-4H3,(H,54,62)(H,53,60,61)(H2,66,67,68)/t30-,32-,36?,38-,42-,43+/m0/s1. The number of imide groups is 1. The number of imidazole rings is 1. The number of nitrogens with one attached hydrogen (secondary N) is 2. The lowest BCUT2D eigenvalue weighted by Gasteiger charge is -2.40. The highest BCUT2D eigenvalue weighted by Crippen LogP contribution is 2.59. The number of likely N-dealkylation sites (tertiary alicyclic amines) is 2. The molecule has 0 bridgehead atoms. The van der Waals surface area contributed by atoms with Crippen LogP contribution >= 0.6 is 18.9 Å². The summed E-state index contributed by atoms with van der Waals surface area (Å²) in [4.78, 5) is 107. The number of piperidine rings is 1. The number of hydrogen-bond acceptors (Lipinski definition) is 10. The molecule has 21 heteroatoms. The van der Waals surface area contributed by atoms with Crippen LogP contribution in [0.25, 0.3) is 21.1 Å². The second kappa shape index (κ2) is 19.4. The molecule has 378 valence electrons. The van der Waals surface area contributed by atoms with Crippen molar-refractivity contribution in [2.75, 3.05) is 39.3 Å². The molecule has 4 saturated heterocycles. The number of carbonyl (C=O) groups is 5. The first kappa shape index (κ1) is 50.3. The number of carbonyl (C=O) groups excluding carboxylic acids is 5. The maximum absolute atomic E-state index is 15.1. The van der Waals surface area contributed by atoms with Gasteiger partial charge in [0.1, 0.15) is 24.2 Å². The first-order valence-corrected chi connectivity index (χ1v) is 26.3. The molecule has 4 N–H and O–H groups in total. The van der Waals surface area contributed by atoms with Crippen molar-refractivity contribution in [1.82, 2.24) is 34.5 Å². The molecule has 6 heterocycles. The number of halogens is 2. The van der Waals surface area contributed by atoms with Crippen LogP contribution in [0.15, 0.2) is 77.6 Å². The molecular formula is C50H58F2N7O10PS. The van der Waals surface area contributed by atoms with Gasteiger partial charge in [-0.2, -0.15) is 8.78 Å². The van der Waals surface area contributed by atoms with Crippen LogP contribution < -0.4 is 16.3 Å². The average Bonchev–Trinajstić information content (AvgIpc) is 4.13. The van der Waals surface area contributed by atoms with E-state index in [2.05, 4.69) is 15.5 Å². The van der Waals surface area contributed by atoms with Gasteiger partial charge < -0.3 is 29.6 Å². The Morgan fingerprint density at radius 3 is 2.41 bits per heavy atom. The molecule has 5 aromatic rings. The molecule has 3 aromatic carbocycles. The summed E-state index contributed by atoms with van der Waals surface area (Å²) in [5.41, 5.74) is -3.30. The number of amides is 5. The topological polar surface area (TPSA) is 213 Å². The van der Waals surface area contributed by atoms with Gasteiger partial charge in [0.05, 0.1) is 29.1 Å². The molecule has 9 rings (SSSR count). The first-order valence-electron chi connectivity index (χ1n) is 23.9. The van der Waals surface area contributed by atoms with Gasteiger partial charge in [-0.05, 0) is 96.3 Å². The van der Waals surface area contributed by atoms with E-state index >= 15 is 9.59 Å². The number of ether oxygens (including phenoxy) is 1. The fourth-order valence-corrected chi connectivity index (χ4v) is 12.2. The fourth-order valence-electron chi connectivity index (χ4n) is 10.8. The minimum Gasteiger partial charge on any atom is -0.370 e. The summed E-state index contributed by atoms with van der Waals surface area (Å²) in [6.07, 6.45) is 2.12. The molecule has 17 nitrogen and oxygen atoms in total. The predicted molar refractivity (Wildman–Crippen MR) is 260 cm³/mol. The van der Waals surface area contributed by atoms with Gasteiger partial charge in [0.25, 0.3) is 5.91 Å². The second-order valence-corrected chi connectivity index (χ2v) is 23.2. The van der Waals surface area contributed by atoms with Crippen LogP contribution in [-0.2, 0) is 47.7 Å². The largest absolute Gasteiger partial charge is 0.399 e. The van der Waals surface area contributed by atoms with Gasteiger partial charge in [-0.15, -0.1) is 11.3 Å². The van der Waals surface area contributed by atoms with Crippen molar-refractivity contribution >= 4 is 69.6 Å². The minimum atomic E-state index is -5.84. The molecule has 2 aromatic heterocycles. The van der Waals surface area contributed by atoms with Crippen molar-refractivity contribution in [3.05, 3.63) is 105 Å². The van der Waals surface area contributed by atoms with Crippen molar-refractivity contribution in [1.29, 1.82) is 0 Å². The SMILES string of the molecule is Cn1c(=O)n(C2CCC(=O)NC2=O)c2ccc(CN3CC[C@@H](C[C@@H]4CCN(C(=O)[C@@H](NC(=O)c5cc6cc(C(F)(F)P(=O)(O)O)ccc6s5)C(C)(C)C)[C@@H]4C(=O)N4CCO[C@H](c5ccccc5)C4)C3)cc21. The van der Waals surface area contributed by atoms with Gasteiger partial charge in [0, 0.05) is 49.9 Å². The minimum absolute atomic E-state index is 0.103. The molecule has 71 heavy (non-hydrogen) atoms. The summed E-state index contributed by atoms with van der Waals surface area (Å²) >= 11 is 0.988.